The van der Waals surface area contributed by atoms with Crippen LogP contribution in [-0.4, -0.2) is 61.1 Å². The number of rotatable bonds is 9. The molecule has 118 valence electrons. The average molecular weight is 297 g/mol. The molecule has 1 amide bonds. The molecule has 0 bridgehead atoms. The van der Waals surface area contributed by atoms with Crippen LogP contribution in [0.5, 0.6) is 0 Å². The maximum Gasteiger partial charge on any atom is 0.274 e. The first-order chi connectivity index (χ1) is 10.1. The molecule has 7 heteroatoms. The Bertz CT molecular complexity index is 493. The fraction of sp³-hybridized carbons (Fsp3) is 0.643. The molecule has 0 aliphatic carbocycles. The summed E-state index contributed by atoms with van der Waals surface area (Å²) in [6.45, 7) is 4.22. The van der Waals surface area contributed by atoms with Crippen LogP contribution in [0.1, 0.15) is 23.8 Å². The monoisotopic (exact) mass is 297 g/mol. The van der Waals surface area contributed by atoms with Crippen LogP contribution in [0.4, 0.5) is 0 Å². The number of carbonyl (C=O) groups is 1. The van der Waals surface area contributed by atoms with Gasteiger partial charge in [0.2, 0.25) is 0 Å². The molecule has 0 aliphatic heterocycles. The van der Waals surface area contributed by atoms with Gasteiger partial charge < -0.3 is 14.4 Å². The maximum atomic E-state index is 12.5. The third kappa shape index (κ3) is 5.28. The zero-order valence-electron chi connectivity index (χ0n) is 12.9. The number of hydrogen-bond donors (Lipinski definition) is 0. The summed E-state index contributed by atoms with van der Waals surface area (Å²) in [5.41, 5.74) is 0.0592. The highest BCUT2D eigenvalue weighted by Gasteiger charge is 2.17. The van der Waals surface area contributed by atoms with Crippen molar-refractivity contribution in [2.75, 3.05) is 40.5 Å². The third-order valence-electron chi connectivity index (χ3n) is 2.94. The van der Waals surface area contributed by atoms with Crippen LogP contribution >= 0.6 is 0 Å². The minimum Gasteiger partial charge on any atom is -0.383 e. The number of ether oxygens (including phenoxy) is 2. The summed E-state index contributed by atoms with van der Waals surface area (Å²) < 4.78 is 11.3. The molecule has 1 aromatic heterocycles. The summed E-state index contributed by atoms with van der Waals surface area (Å²) in [6.07, 6.45) is 0.779. The van der Waals surface area contributed by atoms with E-state index in [1.807, 2.05) is 6.92 Å². The van der Waals surface area contributed by atoms with Crippen molar-refractivity contribution in [3.63, 3.8) is 0 Å². The molecule has 7 nitrogen and oxygen atoms in total. The van der Waals surface area contributed by atoms with Gasteiger partial charge in [-0.05, 0) is 12.5 Å². The van der Waals surface area contributed by atoms with Crippen molar-refractivity contribution >= 4 is 5.91 Å². The van der Waals surface area contributed by atoms with Crippen LogP contribution in [0.2, 0.25) is 0 Å². The van der Waals surface area contributed by atoms with Crippen LogP contribution < -0.4 is 5.56 Å². The lowest BCUT2D eigenvalue weighted by molar-refractivity contribution is 0.0619. The van der Waals surface area contributed by atoms with Gasteiger partial charge in [0.05, 0.1) is 13.2 Å². The Morgan fingerprint density at radius 2 is 1.86 bits per heavy atom. The van der Waals surface area contributed by atoms with Crippen LogP contribution in [0, 0.1) is 0 Å². The molecule has 0 saturated carbocycles. The molecule has 0 saturated heterocycles. The van der Waals surface area contributed by atoms with E-state index < -0.39 is 0 Å². The van der Waals surface area contributed by atoms with E-state index in [0.717, 1.165) is 6.42 Å². The largest absolute Gasteiger partial charge is 0.383 e. The number of amides is 1. The molecular weight excluding hydrogens is 274 g/mol. The highest BCUT2D eigenvalue weighted by molar-refractivity contribution is 5.92. The molecule has 0 spiro atoms. The van der Waals surface area contributed by atoms with Crippen LogP contribution in [0.25, 0.3) is 0 Å². The summed E-state index contributed by atoms with van der Waals surface area (Å²) in [5, 5.41) is 4.13. The summed E-state index contributed by atoms with van der Waals surface area (Å²) in [6, 6.07) is 2.84. The van der Waals surface area contributed by atoms with Gasteiger partial charge in [0, 0.05) is 39.9 Å². The second-order valence-corrected chi connectivity index (χ2v) is 4.56. The van der Waals surface area contributed by atoms with Gasteiger partial charge in [-0.2, -0.15) is 5.10 Å². The predicted molar refractivity (Wildman–Crippen MR) is 78.4 cm³/mol. The quantitative estimate of drug-likeness (QED) is 0.659. The van der Waals surface area contributed by atoms with Gasteiger partial charge in [-0.15, -0.1) is 0 Å². The molecule has 1 aromatic rings. The van der Waals surface area contributed by atoms with Crippen LogP contribution in [-0.2, 0) is 16.0 Å². The summed E-state index contributed by atoms with van der Waals surface area (Å²) in [4.78, 5) is 25.7. The standard InChI is InChI=1S/C14H23N3O4/c1-4-7-17-13(18)6-5-12(15-17)14(19)16(8-10-20-2)9-11-21-3/h5-6H,4,7-11H2,1-3H3. The SMILES string of the molecule is CCCn1nc(C(=O)N(CCOC)CCOC)ccc1=O. The van der Waals surface area contributed by atoms with Crippen molar-refractivity contribution in [3.8, 4) is 0 Å². The van der Waals surface area contributed by atoms with Gasteiger partial charge in [0.15, 0.2) is 0 Å². The second-order valence-electron chi connectivity index (χ2n) is 4.56. The van der Waals surface area contributed by atoms with Gasteiger partial charge in [-0.1, -0.05) is 6.92 Å². The Hall–Kier alpha value is -1.73. The lowest BCUT2D eigenvalue weighted by Crippen LogP contribution is -2.38. The van der Waals surface area contributed by atoms with Crippen molar-refractivity contribution in [3.05, 3.63) is 28.2 Å². The van der Waals surface area contributed by atoms with E-state index in [-0.39, 0.29) is 17.2 Å². The summed E-state index contributed by atoms with van der Waals surface area (Å²) >= 11 is 0. The molecule has 1 heterocycles. The average Bonchev–Trinajstić information content (AvgIpc) is 2.49. The third-order valence-corrected chi connectivity index (χ3v) is 2.94. The first-order valence-electron chi connectivity index (χ1n) is 6.99. The zero-order chi connectivity index (χ0) is 15.7. The molecule has 0 atom stereocenters. The Kier molecular flexibility index (Phi) is 7.63. The van der Waals surface area contributed by atoms with Gasteiger partial charge in [-0.3, -0.25) is 9.59 Å². The Labute approximate surface area is 124 Å². The molecule has 1 rings (SSSR count). The Balaban J connectivity index is 2.90. The van der Waals surface area contributed by atoms with E-state index in [4.69, 9.17) is 9.47 Å². The molecule has 21 heavy (non-hydrogen) atoms. The van der Waals surface area contributed by atoms with Crippen molar-refractivity contribution in [2.24, 2.45) is 0 Å². The Morgan fingerprint density at radius 3 is 2.38 bits per heavy atom. The minimum atomic E-state index is -0.228. The molecule has 0 aliphatic rings. The summed E-state index contributed by atoms with van der Waals surface area (Å²) in [5.74, 6) is -0.228. The number of aromatic nitrogens is 2. The zero-order valence-corrected chi connectivity index (χ0v) is 12.9. The number of methoxy groups -OCH3 is 2. The van der Waals surface area contributed by atoms with Crippen molar-refractivity contribution in [2.45, 2.75) is 19.9 Å². The van der Waals surface area contributed by atoms with E-state index in [1.54, 1.807) is 19.1 Å². The number of aryl methyl sites for hydroxylation is 1. The molecule has 0 unspecified atom stereocenters. The predicted octanol–water partition coefficient (Wildman–Crippen LogP) is 0.388. The van der Waals surface area contributed by atoms with E-state index in [9.17, 15) is 9.59 Å². The fourth-order valence-electron chi connectivity index (χ4n) is 1.81. The van der Waals surface area contributed by atoms with Gasteiger partial charge in [0.1, 0.15) is 5.69 Å². The maximum absolute atomic E-state index is 12.5. The van der Waals surface area contributed by atoms with Crippen molar-refractivity contribution in [1.29, 1.82) is 0 Å². The first-order valence-corrected chi connectivity index (χ1v) is 6.99. The van der Waals surface area contributed by atoms with E-state index in [0.29, 0.717) is 32.8 Å². The topological polar surface area (TPSA) is 73.7 Å². The minimum absolute atomic E-state index is 0.200. The smallest absolute Gasteiger partial charge is 0.274 e. The normalized spacial score (nSPS) is 10.6. The van der Waals surface area contributed by atoms with Crippen LogP contribution in [0.15, 0.2) is 16.9 Å². The highest BCUT2D eigenvalue weighted by atomic mass is 16.5. The fourth-order valence-corrected chi connectivity index (χ4v) is 1.81. The molecule has 0 aromatic carbocycles. The molecule has 0 radical (unpaired) electrons. The van der Waals surface area contributed by atoms with Crippen molar-refractivity contribution < 1.29 is 14.3 Å². The lowest BCUT2D eigenvalue weighted by atomic mass is 10.3. The van der Waals surface area contributed by atoms with E-state index >= 15 is 0 Å². The number of carbonyl (C=O) groups excluding carboxylic acids is 1. The summed E-state index contributed by atoms with van der Waals surface area (Å²) in [7, 11) is 3.16. The molecular formula is C14H23N3O4. The molecule has 0 N–H and O–H groups in total. The first kappa shape index (κ1) is 17.3. The highest BCUT2D eigenvalue weighted by Crippen LogP contribution is 2.01. The second kappa shape index (κ2) is 9.25. The Morgan fingerprint density at radius 1 is 1.24 bits per heavy atom. The van der Waals surface area contributed by atoms with Gasteiger partial charge >= 0.3 is 0 Å². The van der Waals surface area contributed by atoms with Gasteiger partial charge in [0.25, 0.3) is 11.5 Å². The van der Waals surface area contributed by atoms with E-state index in [2.05, 4.69) is 5.10 Å². The number of nitrogens with zero attached hydrogens (tertiary/aromatic N) is 3. The van der Waals surface area contributed by atoms with Gasteiger partial charge in [-0.25, -0.2) is 4.68 Å². The van der Waals surface area contributed by atoms with Crippen molar-refractivity contribution in [1.82, 2.24) is 14.7 Å². The number of hydrogen-bond acceptors (Lipinski definition) is 5. The molecule has 0 fully saturated rings. The van der Waals surface area contributed by atoms with Crippen LogP contribution in [0.3, 0.4) is 0 Å². The van der Waals surface area contributed by atoms with E-state index in [1.165, 1.54) is 16.8 Å². The lowest BCUT2D eigenvalue weighted by Gasteiger charge is -2.21.